The first-order valence-corrected chi connectivity index (χ1v) is 10.00. The molecule has 1 aliphatic rings. The van der Waals surface area contributed by atoms with Gasteiger partial charge in [0.05, 0.1) is 0 Å². The smallest absolute Gasteiger partial charge is 1.00 e. The summed E-state index contributed by atoms with van der Waals surface area (Å²) in [6, 6.07) is 18.0. The van der Waals surface area contributed by atoms with Crippen LogP contribution >= 0.6 is 0 Å². The van der Waals surface area contributed by atoms with Crippen LogP contribution in [0.25, 0.3) is 3.88 Å². The summed E-state index contributed by atoms with van der Waals surface area (Å²) in [6.45, 7) is 4.63. The van der Waals surface area contributed by atoms with Crippen molar-refractivity contribution in [3.63, 3.8) is 0 Å². The molecule has 0 amide bonds. The summed E-state index contributed by atoms with van der Waals surface area (Å²) in [5.74, 6) is 0.662. The van der Waals surface area contributed by atoms with Crippen LogP contribution in [0.3, 0.4) is 0 Å². The van der Waals surface area contributed by atoms with Crippen LogP contribution < -0.4 is 47.6 Å². The summed E-state index contributed by atoms with van der Waals surface area (Å²) in [5, 5.41) is 3.16. The fourth-order valence-electron chi connectivity index (χ4n) is 3.44. The molecule has 2 aromatic carbocycles. The summed E-state index contributed by atoms with van der Waals surface area (Å²) < 4.78 is 1.54. The first-order valence-electron chi connectivity index (χ1n) is 7.80. The third-order valence-electron chi connectivity index (χ3n) is 4.54. The van der Waals surface area contributed by atoms with Gasteiger partial charge in [-0.15, -0.1) is 0 Å². The van der Waals surface area contributed by atoms with E-state index in [1.165, 1.54) is 18.0 Å². The number of fused-ring (bicyclic) bond motifs is 1. The fourth-order valence-corrected chi connectivity index (χ4v) is 6.23. The Morgan fingerprint density at radius 1 is 0.958 bits per heavy atom. The van der Waals surface area contributed by atoms with Gasteiger partial charge in [-0.05, 0) is 0 Å². The third-order valence-corrected chi connectivity index (χ3v) is 7.40. The number of rotatable bonds is 4. The summed E-state index contributed by atoms with van der Waals surface area (Å²) in [5.41, 5.74) is 4.78. The quantitative estimate of drug-likeness (QED) is 0.423. The van der Waals surface area contributed by atoms with Crippen molar-refractivity contribution >= 4 is 23.8 Å². The van der Waals surface area contributed by atoms with Crippen LogP contribution in [0.1, 0.15) is 43.7 Å². The third kappa shape index (κ3) is 4.78. The van der Waals surface area contributed by atoms with Gasteiger partial charge in [0, 0.05) is 0 Å². The van der Waals surface area contributed by atoms with E-state index < -0.39 is 0 Å². The van der Waals surface area contributed by atoms with Crippen LogP contribution in [0, 0.1) is 0 Å². The van der Waals surface area contributed by atoms with Gasteiger partial charge in [0.25, 0.3) is 0 Å². The Kier molecular flexibility index (Phi) is 10.8. The zero-order valence-corrected chi connectivity index (χ0v) is 19.2. The summed E-state index contributed by atoms with van der Waals surface area (Å²) in [7, 11) is -0.381. The maximum Gasteiger partial charge on any atom is -1.00 e. The summed E-state index contributed by atoms with van der Waals surface area (Å²) in [6.07, 6.45) is 2.54. The molecule has 24 heavy (non-hydrogen) atoms. The van der Waals surface area contributed by atoms with Crippen molar-refractivity contribution in [2.24, 2.45) is 0 Å². The average molecular weight is 432 g/mol. The Balaban J connectivity index is 0.00000176. The molecule has 0 fully saturated rings. The molecule has 3 rings (SSSR count). The molecule has 5 heteroatoms. The Hall–Kier alpha value is -0.0188. The molecule has 0 aliphatic heterocycles. The first kappa shape index (κ1) is 24.0. The van der Waals surface area contributed by atoms with E-state index in [1.807, 2.05) is 0 Å². The second kappa shape index (κ2) is 10.9. The minimum absolute atomic E-state index is 0. The van der Waals surface area contributed by atoms with E-state index in [2.05, 4.69) is 82.8 Å². The Morgan fingerprint density at radius 3 is 2.25 bits per heavy atom. The molecule has 2 aromatic rings. The van der Waals surface area contributed by atoms with Gasteiger partial charge >= 0.3 is 142 Å². The van der Waals surface area contributed by atoms with Crippen molar-refractivity contribution in [1.82, 2.24) is 0 Å². The molecule has 0 nitrogen and oxygen atoms in total. The molecule has 126 valence electrons. The fraction of sp³-hybridized carbons (Fsp3) is 0.263. The number of allylic oxidation sites excluding steroid dienone is 1. The van der Waals surface area contributed by atoms with Crippen LogP contribution in [0.15, 0.2) is 54.1 Å². The van der Waals surface area contributed by atoms with Gasteiger partial charge in [-0.25, -0.2) is 0 Å². The van der Waals surface area contributed by atoms with Crippen molar-refractivity contribution in [2.45, 2.75) is 32.6 Å². The zero-order chi connectivity index (χ0) is 14.8. The molecular weight excluding hydrogens is 411 g/mol. The van der Waals surface area contributed by atoms with E-state index in [0.29, 0.717) is 5.92 Å². The SMILES string of the molecule is CCCC1C(C)=[C]([Ti+3])c2c([SiH2]c3ccccc3)cccc21.[Cl-].[Cl-].[Cl-]. The second-order valence-corrected chi connectivity index (χ2v) is 8.66. The largest absolute Gasteiger partial charge is 1.00 e. The molecule has 0 saturated heterocycles. The van der Waals surface area contributed by atoms with E-state index >= 15 is 0 Å². The average Bonchev–Trinajstić information content (AvgIpc) is 2.75. The van der Waals surface area contributed by atoms with Gasteiger partial charge in [0.15, 0.2) is 0 Å². The van der Waals surface area contributed by atoms with Crippen LogP contribution in [-0.4, -0.2) is 9.52 Å². The molecule has 0 radical (unpaired) electrons. The standard InChI is InChI=1S/C19H21Si.3ClH.Ti/c1-3-8-16-14(2)13-18-17(16)11-7-12-19(18)20-15-9-5-4-6-10-15;;;;/h4-7,9-12,16H,3,8,20H2,1-2H3;3*1H;/q;;;;+3/p-3. The van der Waals surface area contributed by atoms with Crippen molar-refractivity contribution in [3.05, 3.63) is 65.2 Å². The minimum Gasteiger partial charge on any atom is -1.00 e. The number of hydrogen-bond acceptors (Lipinski definition) is 0. The van der Waals surface area contributed by atoms with E-state index in [4.69, 9.17) is 0 Å². The van der Waals surface area contributed by atoms with E-state index in [-0.39, 0.29) is 46.7 Å². The molecule has 0 aromatic heterocycles. The number of hydrogen-bond donors (Lipinski definition) is 0. The predicted molar refractivity (Wildman–Crippen MR) is 90.9 cm³/mol. The summed E-state index contributed by atoms with van der Waals surface area (Å²) >= 11 is 2.33. The predicted octanol–water partition coefficient (Wildman–Crippen LogP) is -6.01. The molecule has 0 heterocycles. The van der Waals surface area contributed by atoms with Gasteiger partial charge in [-0.1, -0.05) is 0 Å². The molecular formula is C19H21Cl3SiTi. The molecule has 0 bridgehead atoms. The van der Waals surface area contributed by atoms with Crippen LogP contribution in [-0.2, 0) is 20.4 Å². The Bertz CT molecular complexity index is 686. The van der Waals surface area contributed by atoms with Crippen LogP contribution in [0.2, 0.25) is 0 Å². The monoisotopic (exact) mass is 430 g/mol. The second-order valence-electron chi connectivity index (χ2n) is 5.94. The van der Waals surface area contributed by atoms with Crippen LogP contribution in [0.4, 0.5) is 0 Å². The van der Waals surface area contributed by atoms with E-state index in [0.717, 1.165) is 0 Å². The van der Waals surface area contributed by atoms with E-state index in [9.17, 15) is 0 Å². The maximum absolute atomic E-state index is 2.36. The first-order chi connectivity index (χ1) is 10.2. The topological polar surface area (TPSA) is 0 Å². The normalized spacial score (nSPS) is 15.6. The van der Waals surface area contributed by atoms with Gasteiger partial charge < -0.3 is 37.2 Å². The molecule has 0 spiro atoms. The molecule has 1 aliphatic carbocycles. The number of halogens is 3. The Labute approximate surface area is 178 Å². The van der Waals surface area contributed by atoms with Gasteiger partial charge in [0.1, 0.15) is 0 Å². The van der Waals surface area contributed by atoms with Crippen LogP contribution in [0.5, 0.6) is 0 Å². The molecule has 1 unspecified atom stereocenters. The van der Waals surface area contributed by atoms with Gasteiger partial charge in [-0.2, -0.15) is 0 Å². The van der Waals surface area contributed by atoms with Crippen molar-refractivity contribution in [3.8, 4) is 0 Å². The maximum atomic E-state index is 2.36. The molecule has 0 N–H and O–H groups in total. The molecule has 1 atom stereocenters. The molecule has 0 saturated carbocycles. The van der Waals surface area contributed by atoms with E-state index in [1.54, 1.807) is 25.8 Å². The van der Waals surface area contributed by atoms with Crippen molar-refractivity contribution in [2.75, 3.05) is 0 Å². The summed E-state index contributed by atoms with van der Waals surface area (Å²) in [4.78, 5) is 0. The minimum atomic E-state index is -0.381. The van der Waals surface area contributed by atoms with Gasteiger partial charge in [-0.3, -0.25) is 0 Å². The zero-order valence-electron chi connectivity index (χ0n) is 14.0. The van der Waals surface area contributed by atoms with Gasteiger partial charge in [0.2, 0.25) is 0 Å². The van der Waals surface area contributed by atoms with Crippen molar-refractivity contribution in [1.29, 1.82) is 0 Å². The number of benzene rings is 2. The van der Waals surface area contributed by atoms with Crippen molar-refractivity contribution < 1.29 is 57.7 Å². The Morgan fingerprint density at radius 2 is 1.62 bits per heavy atom.